The molecule has 0 aliphatic heterocycles. The van der Waals surface area contributed by atoms with Crippen molar-refractivity contribution in [3.8, 4) is 0 Å². The van der Waals surface area contributed by atoms with Gasteiger partial charge >= 0.3 is 0 Å². The van der Waals surface area contributed by atoms with E-state index in [2.05, 4.69) is 15.4 Å². The first kappa shape index (κ1) is 20.9. The second-order valence-corrected chi connectivity index (χ2v) is 7.19. The molecule has 3 aromatic rings. The van der Waals surface area contributed by atoms with Gasteiger partial charge in [-0.2, -0.15) is 5.10 Å². The lowest BCUT2D eigenvalue weighted by Crippen LogP contribution is -2.50. The topological polar surface area (TPSA) is 80.0 Å². The minimum Gasteiger partial charge on any atom is -0.383 e. The second-order valence-electron chi connectivity index (χ2n) is 6.75. The van der Waals surface area contributed by atoms with E-state index in [1.54, 1.807) is 24.3 Å². The monoisotopic (exact) mass is 420 g/mol. The SMILES string of the molecule is CC(O)(c1ccc(F)cc1F)C(CCn1cncn1)NC(=O)c1ccc(Cl)cc1. The number of halogens is 3. The third kappa shape index (κ3) is 4.96. The number of carbonyl (C=O) groups excluding carboxylic acids is 1. The van der Waals surface area contributed by atoms with E-state index in [-0.39, 0.29) is 12.0 Å². The van der Waals surface area contributed by atoms with Crippen molar-refractivity contribution in [1.29, 1.82) is 0 Å². The summed E-state index contributed by atoms with van der Waals surface area (Å²) in [6.07, 6.45) is 3.07. The maximum atomic E-state index is 14.4. The molecule has 1 aromatic heterocycles. The average Bonchev–Trinajstić information content (AvgIpc) is 3.18. The summed E-state index contributed by atoms with van der Waals surface area (Å²) >= 11 is 5.85. The molecule has 2 aromatic carbocycles. The van der Waals surface area contributed by atoms with Crippen LogP contribution in [0, 0.1) is 11.6 Å². The predicted octanol–water partition coefficient (Wildman–Crippen LogP) is 3.31. The Morgan fingerprint density at radius 1 is 1.28 bits per heavy atom. The Balaban J connectivity index is 1.88. The molecule has 6 nitrogen and oxygen atoms in total. The van der Waals surface area contributed by atoms with Crippen LogP contribution in [0.3, 0.4) is 0 Å². The zero-order chi connectivity index (χ0) is 21.0. The second kappa shape index (κ2) is 8.67. The molecular formula is C20H19ClF2N4O2. The summed E-state index contributed by atoms with van der Waals surface area (Å²) in [7, 11) is 0. The van der Waals surface area contributed by atoms with Crippen LogP contribution in [-0.4, -0.2) is 31.8 Å². The number of benzene rings is 2. The van der Waals surface area contributed by atoms with Crippen molar-refractivity contribution in [3.63, 3.8) is 0 Å². The van der Waals surface area contributed by atoms with Gasteiger partial charge in [-0.3, -0.25) is 9.48 Å². The third-order valence-corrected chi connectivity index (χ3v) is 4.93. The molecular weight excluding hydrogens is 402 g/mol. The van der Waals surface area contributed by atoms with E-state index in [9.17, 15) is 18.7 Å². The van der Waals surface area contributed by atoms with E-state index >= 15 is 0 Å². The van der Waals surface area contributed by atoms with E-state index in [0.29, 0.717) is 23.2 Å². The molecule has 0 bridgehead atoms. The molecule has 0 aliphatic rings. The number of nitrogens with zero attached hydrogens (tertiary/aromatic N) is 3. The fourth-order valence-corrected chi connectivity index (χ4v) is 3.16. The van der Waals surface area contributed by atoms with Crippen molar-refractivity contribution in [2.45, 2.75) is 31.5 Å². The standard InChI is InChI=1S/C20H19ClF2N4O2/c1-20(29,16-7-6-15(22)10-17(16)23)18(8-9-27-12-24-11-25-27)26-19(28)13-2-4-14(21)5-3-13/h2-7,10-12,18,29H,8-9H2,1H3,(H,26,28). The van der Waals surface area contributed by atoms with Gasteiger partial charge in [-0.1, -0.05) is 17.7 Å². The van der Waals surface area contributed by atoms with E-state index < -0.39 is 29.2 Å². The van der Waals surface area contributed by atoms with E-state index in [4.69, 9.17) is 11.6 Å². The molecule has 0 saturated heterocycles. The highest BCUT2D eigenvalue weighted by Crippen LogP contribution is 2.30. The molecule has 2 unspecified atom stereocenters. The van der Waals surface area contributed by atoms with Gasteiger partial charge in [-0.25, -0.2) is 13.8 Å². The van der Waals surface area contributed by atoms with Gasteiger partial charge in [0, 0.05) is 28.8 Å². The fraction of sp³-hybridized carbons (Fsp3) is 0.250. The van der Waals surface area contributed by atoms with Crippen LogP contribution in [0.4, 0.5) is 8.78 Å². The number of rotatable bonds is 7. The van der Waals surface area contributed by atoms with Crippen molar-refractivity contribution >= 4 is 17.5 Å². The number of aryl methyl sites for hydroxylation is 1. The number of aliphatic hydroxyl groups is 1. The van der Waals surface area contributed by atoms with E-state index in [1.807, 2.05) is 0 Å². The molecule has 152 valence electrons. The lowest BCUT2D eigenvalue weighted by molar-refractivity contribution is 0.00719. The Kier molecular flexibility index (Phi) is 6.24. The van der Waals surface area contributed by atoms with Gasteiger partial charge in [-0.15, -0.1) is 0 Å². The van der Waals surface area contributed by atoms with Crippen LogP contribution in [0.1, 0.15) is 29.3 Å². The van der Waals surface area contributed by atoms with Gasteiger partial charge in [0.05, 0.1) is 6.04 Å². The van der Waals surface area contributed by atoms with Gasteiger partial charge in [-0.05, 0) is 43.7 Å². The van der Waals surface area contributed by atoms with Gasteiger partial charge < -0.3 is 10.4 Å². The Morgan fingerprint density at radius 2 is 2.00 bits per heavy atom. The van der Waals surface area contributed by atoms with E-state index in [0.717, 1.165) is 6.07 Å². The summed E-state index contributed by atoms with van der Waals surface area (Å²) in [6.45, 7) is 1.68. The van der Waals surface area contributed by atoms with Crippen LogP contribution in [0.15, 0.2) is 55.1 Å². The van der Waals surface area contributed by atoms with Crippen molar-refractivity contribution in [3.05, 3.63) is 82.9 Å². The fourth-order valence-electron chi connectivity index (χ4n) is 3.03. The van der Waals surface area contributed by atoms with Gasteiger partial charge in [0.25, 0.3) is 5.91 Å². The number of amides is 1. The maximum Gasteiger partial charge on any atom is 0.251 e. The molecule has 2 atom stereocenters. The smallest absolute Gasteiger partial charge is 0.251 e. The zero-order valence-electron chi connectivity index (χ0n) is 15.5. The van der Waals surface area contributed by atoms with Crippen LogP contribution in [0.2, 0.25) is 5.02 Å². The van der Waals surface area contributed by atoms with Gasteiger partial charge in [0.1, 0.15) is 29.9 Å². The Morgan fingerprint density at radius 3 is 2.62 bits per heavy atom. The highest BCUT2D eigenvalue weighted by atomic mass is 35.5. The summed E-state index contributed by atoms with van der Waals surface area (Å²) in [6, 6.07) is 8.23. The van der Waals surface area contributed by atoms with Crippen LogP contribution in [0.5, 0.6) is 0 Å². The third-order valence-electron chi connectivity index (χ3n) is 4.68. The molecule has 29 heavy (non-hydrogen) atoms. The van der Waals surface area contributed by atoms with Gasteiger partial charge in [0.15, 0.2) is 0 Å². The molecule has 9 heteroatoms. The van der Waals surface area contributed by atoms with Crippen LogP contribution in [-0.2, 0) is 12.1 Å². The lowest BCUT2D eigenvalue weighted by atomic mass is 9.85. The van der Waals surface area contributed by atoms with Crippen molar-refractivity contribution in [2.75, 3.05) is 0 Å². The van der Waals surface area contributed by atoms with Crippen molar-refractivity contribution in [1.82, 2.24) is 20.1 Å². The van der Waals surface area contributed by atoms with Crippen molar-refractivity contribution in [2.24, 2.45) is 0 Å². The highest BCUT2D eigenvalue weighted by molar-refractivity contribution is 6.30. The van der Waals surface area contributed by atoms with Crippen LogP contribution >= 0.6 is 11.6 Å². The minimum atomic E-state index is -1.82. The number of hydrogen-bond donors (Lipinski definition) is 2. The molecule has 0 saturated carbocycles. The van der Waals surface area contributed by atoms with E-state index in [1.165, 1.54) is 30.3 Å². The molecule has 3 rings (SSSR count). The molecule has 0 aliphatic carbocycles. The molecule has 1 heterocycles. The largest absolute Gasteiger partial charge is 0.383 e. The first-order valence-corrected chi connectivity index (χ1v) is 9.22. The average molecular weight is 421 g/mol. The summed E-state index contributed by atoms with van der Waals surface area (Å²) in [4.78, 5) is 16.5. The predicted molar refractivity (Wildman–Crippen MR) is 103 cm³/mol. The number of aromatic nitrogens is 3. The Hall–Kier alpha value is -2.84. The minimum absolute atomic E-state index is 0.126. The summed E-state index contributed by atoms with van der Waals surface area (Å²) in [5.41, 5.74) is -1.62. The summed E-state index contributed by atoms with van der Waals surface area (Å²) in [5, 5.41) is 18.4. The summed E-state index contributed by atoms with van der Waals surface area (Å²) < 4.78 is 29.2. The quantitative estimate of drug-likeness (QED) is 0.614. The molecule has 2 N–H and O–H groups in total. The normalized spacial score (nSPS) is 14.2. The number of carbonyl (C=O) groups is 1. The van der Waals surface area contributed by atoms with Crippen LogP contribution < -0.4 is 5.32 Å². The van der Waals surface area contributed by atoms with Crippen LogP contribution in [0.25, 0.3) is 0 Å². The first-order chi connectivity index (χ1) is 13.8. The zero-order valence-corrected chi connectivity index (χ0v) is 16.3. The number of nitrogens with one attached hydrogen (secondary N) is 1. The molecule has 1 amide bonds. The number of hydrogen-bond acceptors (Lipinski definition) is 4. The Bertz CT molecular complexity index is 979. The summed E-state index contributed by atoms with van der Waals surface area (Å²) in [5.74, 6) is -2.12. The molecule has 0 spiro atoms. The van der Waals surface area contributed by atoms with Gasteiger partial charge in [0.2, 0.25) is 0 Å². The Labute approximate surface area is 171 Å². The lowest BCUT2D eigenvalue weighted by Gasteiger charge is -2.34. The molecule has 0 fully saturated rings. The maximum absolute atomic E-state index is 14.4. The first-order valence-electron chi connectivity index (χ1n) is 8.84. The molecule has 0 radical (unpaired) electrons. The highest BCUT2D eigenvalue weighted by Gasteiger charge is 2.37. The van der Waals surface area contributed by atoms with Crippen molar-refractivity contribution < 1.29 is 18.7 Å².